The van der Waals surface area contributed by atoms with Gasteiger partial charge in [0.05, 0.1) is 0 Å². The van der Waals surface area contributed by atoms with Crippen LogP contribution < -0.4 is 9.47 Å². The zero-order chi connectivity index (χ0) is 18.9. The predicted molar refractivity (Wildman–Crippen MR) is 108 cm³/mol. The van der Waals surface area contributed by atoms with Gasteiger partial charge < -0.3 is 14.6 Å². The van der Waals surface area contributed by atoms with Crippen LogP contribution in [0.15, 0.2) is 72.8 Å². The van der Waals surface area contributed by atoms with Gasteiger partial charge in [-0.25, -0.2) is 0 Å². The standard InChI is InChI=1S/C24H26O3/c1-2-23-21(13-14-25)15-22(26-17-19-9-5-3-6-10-19)16-24(23)27-18-20-11-7-4-8-12-20/h3-12,15-16,25H,2,13-14,17-18H2,1H3. The minimum Gasteiger partial charge on any atom is -0.489 e. The smallest absolute Gasteiger partial charge is 0.126 e. The van der Waals surface area contributed by atoms with Crippen molar-refractivity contribution in [1.29, 1.82) is 0 Å². The topological polar surface area (TPSA) is 38.7 Å². The molecule has 0 aliphatic rings. The highest BCUT2D eigenvalue weighted by molar-refractivity contribution is 5.47. The molecule has 0 heterocycles. The van der Waals surface area contributed by atoms with E-state index >= 15 is 0 Å². The van der Waals surface area contributed by atoms with Crippen LogP contribution in [-0.2, 0) is 26.1 Å². The second-order valence-electron chi connectivity index (χ2n) is 6.43. The highest BCUT2D eigenvalue weighted by Gasteiger charge is 2.12. The van der Waals surface area contributed by atoms with E-state index in [1.807, 2.05) is 60.7 Å². The van der Waals surface area contributed by atoms with E-state index in [4.69, 9.17) is 9.47 Å². The van der Waals surface area contributed by atoms with Gasteiger partial charge in [-0.15, -0.1) is 0 Å². The molecule has 0 saturated carbocycles. The fourth-order valence-electron chi connectivity index (χ4n) is 3.11. The van der Waals surface area contributed by atoms with Gasteiger partial charge in [-0.3, -0.25) is 0 Å². The Morgan fingerprint density at radius 3 is 1.93 bits per heavy atom. The summed E-state index contributed by atoms with van der Waals surface area (Å²) in [6.07, 6.45) is 1.44. The van der Waals surface area contributed by atoms with Gasteiger partial charge in [0.25, 0.3) is 0 Å². The van der Waals surface area contributed by atoms with Gasteiger partial charge >= 0.3 is 0 Å². The monoisotopic (exact) mass is 362 g/mol. The van der Waals surface area contributed by atoms with Crippen LogP contribution in [0.2, 0.25) is 0 Å². The molecule has 0 aliphatic heterocycles. The van der Waals surface area contributed by atoms with E-state index in [0.717, 1.165) is 40.2 Å². The first-order valence-corrected chi connectivity index (χ1v) is 9.40. The summed E-state index contributed by atoms with van der Waals surface area (Å²) < 4.78 is 12.1. The molecule has 0 fully saturated rings. The molecule has 3 nitrogen and oxygen atoms in total. The summed E-state index contributed by atoms with van der Waals surface area (Å²) in [4.78, 5) is 0. The van der Waals surface area contributed by atoms with Crippen LogP contribution in [0.4, 0.5) is 0 Å². The Morgan fingerprint density at radius 2 is 1.37 bits per heavy atom. The number of hydrogen-bond donors (Lipinski definition) is 1. The second kappa shape index (κ2) is 9.79. The Hall–Kier alpha value is -2.78. The molecule has 0 unspecified atom stereocenters. The zero-order valence-electron chi connectivity index (χ0n) is 15.7. The Morgan fingerprint density at radius 1 is 0.778 bits per heavy atom. The molecular weight excluding hydrogens is 336 g/mol. The molecule has 3 aromatic rings. The summed E-state index contributed by atoms with van der Waals surface area (Å²) in [5, 5.41) is 9.46. The van der Waals surface area contributed by atoms with Gasteiger partial charge in [-0.1, -0.05) is 67.6 Å². The number of rotatable bonds is 9. The lowest BCUT2D eigenvalue weighted by Crippen LogP contribution is -2.05. The normalized spacial score (nSPS) is 10.6. The largest absolute Gasteiger partial charge is 0.489 e. The maximum Gasteiger partial charge on any atom is 0.126 e. The van der Waals surface area contributed by atoms with Crippen LogP contribution in [0.3, 0.4) is 0 Å². The average Bonchev–Trinajstić information content (AvgIpc) is 2.72. The van der Waals surface area contributed by atoms with Crippen molar-refractivity contribution in [2.45, 2.75) is 33.0 Å². The van der Waals surface area contributed by atoms with Crippen molar-refractivity contribution < 1.29 is 14.6 Å². The molecule has 0 amide bonds. The summed E-state index contributed by atoms with van der Waals surface area (Å²) in [5.41, 5.74) is 4.45. The minimum atomic E-state index is 0.104. The summed E-state index contributed by atoms with van der Waals surface area (Å²) in [6, 6.07) is 24.2. The number of aliphatic hydroxyl groups is 1. The van der Waals surface area contributed by atoms with Crippen molar-refractivity contribution in [3.63, 3.8) is 0 Å². The molecule has 1 N–H and O–H groups in total. The van der Waals surface area contributed by atoms with Crippen molar-refractivity contribution >= 4 is 0 Å². The molecule has 0 aromatic heterocycles. The third-order valence-corrected chi connectivity index (χ3v) is 4.50. The minimum absolute atomic E-state index is 0.104. The SMILES string of the molecule is CCc1c(CCO)cc(OCc2ccccc2)cc1OCc1ccccc1. The molecule has 0 atom stereocenters. The van der Waals surface area contributed by atoms with Gasteiger partial charge in [-0.05, 0) is 41.2 Å². The summed E-state index contributed by atoms with van der Waals surface area (Å²) in [5.74, 6) is 1.60. The molecule has 3 aromatic carbocycles. The lowest BCUT2D eigenvalue weighted by molar-refractivity contribution is 0.283. The van der Waals surface area contributed by atoms with Crippen LogP contribution >= 0.6 is 0 Å². The van der Waals surface area contributed by atoms with Crippen molar-refractivity contribution in [2.75, 3.05) is 6.61 Å². The highest BCUT2D eigenvalue weighted by atomic mass is 16.5. The highest BCUT2D eigenvalue weighted by Crippen LogP contribution is 2.31. The molecule has 0 saturated heterocycles. The summed E-state index contributed by atoms with van der Waals surface area (Å²) in [6.45, 7) is 3.22. The maximum absolute atomic E-state index is 9.46. The Bertz CT molecular complexity index is 829. The molecule has 0 aliphatic carbocycles. The molecule has 3 rings (SSSR count). The first-order valence-electron chi connectivity index (χ1n) is 9.40. The average molecular weight is 362 g/mol. The van der Waals surface area contributed by atoms with E-state index in [1.165, 1.54) is 0 Å². The van der Waals surface area contributed by atoms with E-state index in [9.17, 15) is 5.11 Å². The molecular formula is C24H26O3. The van der Waals surface area contributed by atoms with Crippen LogP contribution in [0.25, 0.3) is 0 Å². The lowest BCUT2D eigenvalue weighted by atomic mass is 10.0. The number of hydrogen-bond acceptors (Lipinski definition) is 3. The summed E-state index contributed by atoms with van der Waals surface area (Å²) in [7, 11) is 0. The fourth-order valence-corrected chi connectivity index (χ4v) is 3.11. The quantitative estimate of drug-likeness (QED) is 0.586. The van der Waals surface area contributed by atoms with Crippen LogP contribution in [-0.4, -0.2) is 11.7 Å². The van der Waals surface area contributed by atoms with Crippen molar-refractivity contribution in [3.8, 4) is 11.5 Å². The number of aliphatic hydroxyl groups excluding tert-OH is 1. The molecule has 27 heavy (non-hydrogen) atoms. The van der Waals surface area contributed by atoms with Crippen molar-refractivity contribution in [1.82, 2.24) is 0 Å². The van der Waals surface area contributed by atoms with Crippen LogP contribution in [0.5, 0.6) is 11.5 Å². The zero-order valence-corrected chi connectivity index (χ0v) is 15.7. The van der Waals surface area contributed by atoms with Crippen molar-refractivity contribution in [2.24, 2.45) is 0 Å². The van der Waals surface area contributed by atoms with Gasteiger partial charge in [0, 0.05) is 12.7 Å². The fraction of sp³-hybridized carbons (Fsp3) is 0.250. The van der Waals surface area contributed by atoms with E-state index in [1.54, 1.807) is 0 Å². The third-order valence-electron chi connectivity index (χ3n) is 4.50. The van der Waals surface area contributed by atoms with Gasteiger partial charge in [0.1, 0.15) is 24.7 Å². The van der Waals surface area contributed by atoms with E-state index in [0.29, 0.717) is 19.6 Å². The van der Waals surface area contributed by atoms with Crippen LogP contribution in [0.1, 0.15) is 29.2 Å². The molecule has 3 heteroatoms. The molecule has 0 bridgehead atoms. The molecule has 0 spiro atoms. The Kier molecular flexibility index (Phi) is 6.89. The molecule has 140 valence electrons. The first-order chi connectivity index (χ1) is 13.3. The predicted octanol–water partition coefficient (Wildman–Crippen LogP) is 4.94. The van der Waals surface area contributed by atoms with E-state index in [2.05, 4.69) is 19.1 Å². The number of benzene rings is 3. The Labute approximate surface area is 161 Å². The van der Waals surface area contributed by atoms with Gasteiger partial charge in [0.2, 0.25) is 0 Å². The first kappa shape index (κ1) is 19.0. The lowest BCUT2D eigenvalue weighted by Gasteiger charge is -2.17. The number of ether oxygens (including phenoxy) is 2. The maximum atomic E-state index is 9.46. The summed E-state index contributed by atoms with van der Waals surface area (Å²) >= 11 is 0. The third kappa shape index (κ3) is 5.35. The Balaban J connectivity index is 1.81. The van der Waals surface area contributed by atoms with Crippen LogP contribution in [0, 0.1) is 0 Å². The van der Waals surface area contributed by atoms with E-state index < -0.39 is 0 Å². The van der Waals surface area contributed by atoms with Gasteiger partial charge in [-0.2, -0.15) is 0 Å². The van der Waals surface area contributed by atoms with Crippen molar-refractivity contribution in [3.05, 3.63) is 95.1 Å². The van der Waals surface area contributed by atoms with E-state index in [-0.39, 0.29) is 6.61 Å². The second-order valence-corrected chi connectivity index (χ2v) is 6.43. The van der Waals surface area contributed by atoms with Gasteiger partial charge in [0.15, 0.2) is 0 Å². The molecule has 0 radical (unpaired) electrons.